The van der Waals surface area contributed by atoms with Crippen LogP contribution in [0.25, 0.3) is 11.2 Å². The summed E-state index contributed by atoms with van der Waals surface area (Å²) < 4.78 is 7.78. The lowest BCUT2D eigenvalue weighted by atomic mass is 9.85. The van der Waals surface area contributed by atoms with E-state index in [4.69, 9.17) is 32.0 Å². The van der Waals surface area contributed by atoms with Gasteiger partial charge in [-0.05, 0) is 69.7 Å². The van der Waals surface area contributed by atoms with Crippen molar-refractivity contribution in [3.63, 3.8) is 0 Å². The van der Waals surface area contributed by atoms with E-state index in [-0.39, 0.29) is 11.6 Å². The van der Waals surface area contributed by atoms with Crippen LogP contribution in [0.1, 0.15) is 51.5 Å². The second-order valence-corrected chi connectivity index (χ2v) is 10.00. The average Bonchev–Trinajstić information content (AvgIpc) is 3.16. The van der Waals surface area contributed by atoms with E-state index in [1.807, 2.05) is 30.5 Å². The van der Waals surface area contributed by atoms with E-state index in [0.29, 0.717) is 23.4 Å². The van der Waals surface area contributed by atoms with Crippen molar-refractivity contribution in [3.8, 4) is 0 Å². The van der Waals surface area contributed by atoms with Crippen molar-refractivity contribution in [1.82, 2.24) is 19.5 Å². The summed E-state index contributed by atoms with van der Waals surface area (Å²) in [5.74, 6) is 1.91. The van der Waals surface area contributed by atoms with Crippen LogP contribution in [0, 0.1) is 5.92 Å². The van der Waals surface area contributed by atoms with E-state index in [1.54, 1.807) is 0 Å². The number of anilines is 3. The zero-order chi connectivity index (χ0) is 22.8. The Morgan fingerprint density at radius 3 is 2.88 bits per heavy atom. The fraction of sp³-hybridized carbons (Fsp3) is 0.542. The fourth-order valence-electron chi connectivity index (χ4n) is 5.01. The molecule has 2 aromatic heterocycles. The fourth-order valence-corrected chi connectivity index (χ4v) is 5.20. The molecular formula is C24H32ClN7O. The highest BCUT2D eigenvalue weighted by molar-refractivity contribution is 6.30. The molecule has 0 bridgehead atoms. The summed E-state index contributed by atoms with van der Waals surface area (Å²) in [4.78, 5) is 14.4. The predicted octanol–water partition coefficient (Wildman–Crippen LogP) is 4.89. The van der Waals surface area contributed by atoms with E-state index in [9.17, 15) is 0 Å². The van der Waals surface area contributed by atoms with Gasteiger partial charge in [-0.1, -0.05) is 24.1 Å². The van der Waals surface area contributed by atoms with Crippen LogP contribution < -0.4 is 16.4 Å². The Morgan fingerprint density at radius 2 is 2.09 bits per heavy atom. The van der Waals surface area contributed by atoms with Gasteiger partial charge in [-0.2, -0.15) is 4.98 Å². The first kappa shape index (κ1) is 22.4. The van der Waals surface area contributed by atoms with E-state index in [0.717, 1.165) is 68.1 Å². The predicted molar refractivity (Wildman–Crippen MR) is 132 cm³/mol. The van der Waals surface area contributed by atoms with E-state index < -0.39 is 0 Å². The molecule has 1 saturated heterocycles. The van der Waals surface area contributed by atoms with E-state index in [1.165, 1.54) is 6.42 Å². The second kappa shape index (κ2) is 9.44. The molecule has 2 aliphatic rings. The molecule has 33 heavy (non-hydrogen) atoms. The van der Waals surface area contributed by atoms with Crippen molar-refractivity contribution >= 4 is 40.3 Å². The van der Waals surface area contributed by atoms with Gasteiger partial charge in [0.25, 0.3) is 0 Å². The van der Waals surface area contributed by atoms with Crippen molar-refractivity contribution in [2.75, 3.05) is 30.4 Å². The first-order chi connectivity index (χ1) is 16.0. The van der Waals surface area contributed by atoms with Gasteiger partial charge in [0, 0.05) is 35.5 Å². The van der Waals surface area contributed by atoms with Crippen LogP contribution in [0.15, 0.2) is 30.5 Å². The van der Waals surface area contributed by atoms with Crippen LogP contribution in [-0.2, 0) is 4.74 Å². The molecule has 0 radical (unpaired) electrons. The Labute approximate surface area is 199 Å². The Kier molecular flexibility index (Phi) is 6.40. The minimum absolute atomic E-state index is 0.0753. The number of hydrogen-bond acceptors (Lipinski definition) is 7. The maximum atomic E-state index is 6.22. The number of nitrogens with two attached hydrogens (primary N) is 1. The lowest BCUT2D eigenvalue weighted by Gasteiger charge is -2.34. The molecule has 176 valence electrons. The lowest BCUT2D eigenvalue weighted by molar-refractivity contribution is 0.0656. The van der Waals surface area contributed by atoms with Gasteiger partial charge in [0.05, 0.1) is 6.20 Å². The standard InChI is InChI=1S/C24H32ClN7O/c1-24(8-10-33-11-9-24)31-22-27-15-20-21(30-22)32(19-7-2-4-16(12-19)14-26)23(29-20)28-18-6-3-5-17(25)13-18/h3,5-6,13,15-16,19H,2,4,7-12,14,26H2,1H3,(H,28,29)(H,27,30,31). The quantitative estimate of drug-likeness (QED) is 0.472. The minimum Gasteiger partial charge on any atom is -0.381 e. The first-order valence-electron chi connectivity index (χ1n) is 11.9. The third kappa shape index (κ3) is 4.93. The molecule has 2 fully saturated rings. The molecule has 3 aromatic rings. The zero-order valence-corrected chi connectivity index (χ0v) is 19.8. The molecule has 1 aliphatic carbocycles. The van der Waals surface area contributed by atoms with Gasteiger partial charge < -0.3 is 21.1 Å². The molecule has 4 N–H and O–H groups in total. The van der Waals surface area contributed by atoms with Gasteiger partial charge in [0.2, 0.25) is 11.9 Å². The molecule has 1 aromatic carbocycles. The Hall–Kier alpha value is -2.42. The third-order valence-electron chi connectivity index (χ3n) is 6.98. The van der Waals surface area contributed by atoms with Gasteiger partial charge in [-0.15, -0.1) is 0 Å². The molecule has 5 rings (SSSR count). The van der Waals surface area contributed by atoms with Crippen LogP contribution >= 0.6 is 11.6 Å². The van der Waals surface area contributed by atoms with Gasteiger partial charge in [-0.25, -0.2) is 9.97 Å². The molecular weight excluding hydrogens is 438 g/mol. The number of halogens is 1. The number of nitrogens with zero attached hydrogens (tertiary/aromatic N) is 4. The van der Waals surface area contributed by atoms with Crippen molar-refractivity contribution in [3.05, 3.63) is 35.5 Å². The molecule has 2 unspecified atom stereocenters. The number of imidazole rings is 1. The van der Waals surface area contributed by atoms with E-state index >= 15 is 0 Å². The molecule has 9 heteroatoms. The first-order valence-corrected chi connectivity index (χ1v) is 12.2. The minimum atomic E-state index is -0.0753. The lowest BCUT2D eigenvalue weighted by Crippen LogP contribution is -2.41. The summed E-state index contributed by atoms with van der Waals surface area (Å²) >= 11 is 6.22. The van der Waals surface area contributed by atoms with E-state index in [2.05, 4.69) is 27.1 Å². The highest BCUT2D eigenvalue weighted by atomic mass is 35.5. The molecule has 1 saturated carbocycles. The zero-order valence-electron chi connectivity index (χ0n) is 19.1. The van der Waals surface area contributed by atoms with Gasteiger partial charge in [0.15, 0.2) is 5.65 Å². The third-order valence-corrected chi connectivity index (χ3v) is 7.21. The number of aromatic nitrogens is 4. The smallest absolute Gasteiger partial charge is 0.225 e. The summed E-state index contributed by atoms with van der Waals surface area (Å²) in [6, 6.07) is 7.96. The van der Waals surface area contributed by atoms with Crippen LogP contribution in [-0.4, -0.2) is 44.8 Å². The SMILES string of the molecule is CC1(Nc2ncc3nc(Nc4cccc(Cl)c4)n(C4CCCC(CN)C4)c3n2)CCOCC1. The molecule has 2 atom stereocenters. The van der Waals surface area contributed by atoms with Gasteiger partial charge in [0.1, 0.15) is 5.52 Å². The summed E-state index contributed by atoms with van der Waals surface area (Å²) in [5, 5.41) is 7.72. The maximum absolute atomic E-state index is 6.22. The van der Waals surface area contributed by atoms with Crippen LogP contribution in [0.4, 0.5) is 17.6 Å². The largest absolute Gasteiger partial charge is 0.381 e. The number of rotatable bonds is 6. The molecule has 8 nitrogen and oxygen atoms in total. The van der Waals surface area contributed by atoms with Gasteiger partial charge in [-0.3, -0.25) is 4.57 Å². The Bertz CT molecular complexity index is 1110. The van der Waals surface area contributed by atoms with Crippen molar-refractivity contribution in [1.29, 1.82) is 0 Å². The molecule has 1 aliphatic heterocycles. The Balaban J connectivity index is 1.53. The average molecular weight is 470 g/mol. The highest BCUT2D eigenvalue weighted by Gasteiger charge is 2.30. The van der Waals surface area contributed by atoms with Crippen molar-refractivity contribution in [2.45, 2.75) is 57.0 Å². The van der Waals surface area contributed by atoms with Crippen LogP contribution in [0.2, 0.25) is 5.02 Å². The maximum Gasteiger partial charge on any atom is 0.225 e. The van der Waals surface area contributed by atoms with Crippen LogP contribution in [0.3, 0.4) is 0 Å². The monoisotopic (exact) mass is 469 g/mol. The van der Waals surface area contributed by atoms with Crippen molar-refractivity contribution < 1.29 is 4.74 Å². The Morgan fingerprint density at radius 1 is 1.24 bits per heavy atom. The summed E-state index contributed by atoms with van der Waals surface area (Å²) in [5.41, 5.74) is 8.49. The van der Waals surface area contributed by atoms with Gasteiger partial charge >= 0.3 is 0 Å². The summed E-state index contributed by atoms with van der Waals surface area (Å²) in [6.45, 7) is 4.42. The molecule has 0 spiro atoms. The topological polar surface area (TPSA) is 103 Å². The number of fused-ring (bicyclic) bond motifs is 1. The van der Waals surface area contributed by atoms with Crippen molar-refractivity contribution in [2.24, 2.45) is 11.7 Å². The number of ether oxygens (including phenoxy) is 1. The second-order valence-electron chi connectivity index (χ2n) is 9.56. The van der Waals surface area contributed by atoms with Crippen LogP contribution in [0.5, 0.6) is 0 Å². The number of benzene rings is 1. The highest BCUT2D eigenvalue weighted by Crippen LogP contribution is 2.37. The number of nitrogens with one attached hydrogen (secondary N) is 2. The summed E-state index contributed by atoms with van der Waals surface area (Å²) in [6.07, 6.45) is 8.10. The summed E-state index contributed by atoms with van der Waals surface area (Å²) in [7, 11) is 0. The normalized spacial score (nSPS) is 22.9. The molecule has 0 amide bonds. The number of hydrogen-bond donors (Lipinski definition) is 3. The molecule has 3 heterocycles.